The summed E-state index contributed by atoms with van der Waals surface area (Å²) >= 11 is 6.23. The summed E-state index contributed by atoms with van der Waals surface area (Å²) in [5.41, 5.74) is 2.87. The molecule has 4 rings (SSSR count). The molecule has 8 heteroatoms. The predicted octanol–water partition coefficient (Wildman–Crippen LogP) is 5.69. The van der Waals surface area contributed by atoms with Crippen LogP contribution < -0.4 is 9.47 Å². The molecule has 0 spiro atoms. The summed E-state index contributed by atoms with van der Waals surface area (Å²) in [6.45, 7) is 0.379. The van der Waals surface area contributed by atoms with Crippen molar-refractivity contribution in [1.29, 1.82) is 0 Å². The average Bonchev–Trinajstić information content (AvgIpc) is 3.15. The number of benzene rings is 3. The SMILES string of the molecule is O=C(O)CN1C(=O)C(=CC=Cc2cc(OCc3ccccc3)ccc2OCc2ccccc2)SC1=S. The molecule has 1 amide bonds. The molecule has 3 aromatic rings. The molecular weight excluding hydrogens is 494 g/mol. The third kappa shape index (κ3) is 6.84. The highest BCUT2D eigenvalue weighted by molar-refractivity contribution is 8.26. The van der Waals surface area contributed by atoms with E-state index in [4.69, 9.17) is 26.8 Å². The number of hydrogen-bond donors (Lipinski definition) is 1. The van der Waals surface area contributed by atoms with Gasteiger partial charge in [0.1, 0.15) is 35.6 Å². The van der Waals surface area contributed by atoms with Gasteiger partial charge in [0.2, 0.25) is 0 Å². The Morgan fingerprint density at radius 2 is 1.58 bits per heavy atom. The van der Waals surface area contributed by atoms with Crippen LogP contribution in [-0.4, -0.2) is 32.7 Å². The van der Waals surface area contributed by atoms with Crippen LogP contribution in [-0.2, 0) is 22.8 Å². The fraction of sp³-hybridized carbons (Fsp3) is 0.107. The molecule has 0 radical (unpaired) electrons. The zero-order valence-corrected chi connectivity index (χ0v) is 20.8. The summed E-state index contributed by atoms with van der Waals surface area (Å²) in [6, 6.07) is 25.3. The summed E-state index contributed by atoms with van der Waals surface area (Å²) in [4.78, 5) is 24.9. The van der Waals surface area contributed by atoms with Gasteiger partial charge in [0, 0.05) is 5.56 Å². The van der Waals surface area contributed by atoms with Crippen LogP contribution in [0.3, 0.4) is 0 Å². The fourth-order valence-electron chi connectivity index (χ4n) is 3.38. The van der Waals surface area contributed by atoms with Crippen molar-refractivity contribution in [3.8, 4) is 11.5 Å². The minimum atomic E-state index is -1.12. The zero-order valence-electron chi connectivity index (χ0n) is 19.2. The van der Waals surface area contributed by atoms with Crippen LogP contribution in [0.5, 0.6) is 11.5 Å². The first-order chi connectivity index (χ1) is 17.5. The predicted molar refractivity (Wildman–Crippen MR) is 145 cm³/mol. The van der Waals surface area contributed by atoms with Crippen LogP contribution in [0, 0.1) is 0 Å². The summed E-state index contributed by atoms with van der Waals surface area (Å²) in [7, 11) is 0. The molecule has 1 aliphatic rings. The van der Waals surface area contributed by atoms with Gasteiger partial charge in [0.25, 0.3) is 5.91 Å². The van der Waals surface area contributed by atoms with Gasteiger partial charge in [-0.3, -0.25) is 14.5 Å². The van der Waals surface area contributed by atoms with E-state index < -0.39 is 18.4 Å². The average molecular weight is 518 g/mol. The van der Waals surface area contributed by atoms with E-state index in [0.29, 0.717) is 29.6 Å². The Hall–Kier alpha value is -3.88. The molecule has 1 fully saturated rings. The smallest absolute Gasteiger partial charge is 0.323 e. The molecule has 3 aromatic carbocycles. The van der Waals surface area contributed by atoms with Crippen LogP contribution >= 0.6 is 24.0 Å². The standard InChI is InChI=1S/C28H23NO5S2/c30-26(31)17-29-27(32)25(36-28(29)35)13-7-12-22-16-23(33-18-20-8-3-1-4-9-20)14-15-24(22)34-19-21-10-5-2-6-11-21/h1-16H,17-19H2,(H,30,31). The summed E-state index contributed by atoms with van der Waals surface area (Å²) < 4.78 is 12.3. The molecular formula is C28H23NO5S2. The van der Waals surface area contributed by atoms with Crippen molar-refractivity contribution in [2.75, 3.05) is 6.54 Å². The van der Waals surface area contributed by atoms with Crippen LogP contribution in [0.15, 0.2) is 95.9 Å². The number of ether oxygens (including phenoxy) is 2. The number of carbonyl (C=O) groups excluding carboxylic acids is 1. The van der Waals surface area contributed by atoms with Gasteiger partial charge in [-0.05, 0) is 35.4 Å². The third-order valence-electron chi connectivity index (χ3n) is 5.16. The molecule has 0 unspecified atom stereocenters. The lowest BCUT2D eigenvalue weighted by Crippen LogP contribution is -2.33. The van der Waals surface area contributed by atoms with E-state index in [1.54, 1.807) is 12.2 Å². The first-order valence-electron chi connectivity index (χ1n) is 11.1. The molecule has 36 heavy (non-hydrogen) atoms. The van der Waals surface area contributed by atoms with E-state index in [9.17, 15) is 9.59 Å². The number of carboxylic acid groups (broad SMARTS) is 1. The summed E-state index contributed by atoms with van der Waals surface area (Å²) in [5.74, 6) is -0.194. The van der Waals surface area contributed by atoms with Gasteiger partial charge in [0.15, 0.2) is 0 Å². The van der Waals surface area contributed by atoms with Crippen LogP contribution in [0.4, 0.5) is 0 Å². The maximum Gasteiger partial charge on any atom is 0.323 e. The fourth-order valence-corrected chi connectivity index (χ4v) is 4.59. The molecule has 1 aliphatic heterocycles. The Balaban J connectivity index is 1.53. The first kappa shape index (κ1) is 25.2. The van der Waals surface area contributed by atoms with Crippen LogP contribution in [0.25, 0.3) is 6.08 Å². The van der Waals surface area contributed by atoms with E-state index >= 15 is 0 Å². The van der Waals surface area contributed by atoms with Gasteiger partial charge in [0.05, 0.1) is 4.91 Å². The number of allylic oxidation sites excluding steroid dienone is 2. The van der Waals surface area contributed by atoms with E-state index in [-0.39, 0.29) is 4.32 Å². The van der Waals surface area contributed by atoms with E-state index in [2.05, 4.69) is 0 Å². The van der Waals surface area contributed by atoms with Gasteiger partial charge in [-0.15, -0.1) is 0 Å². The lowest BCUT2D eigenvalue weighted by atomic mass is 10.1. The molecule has 0 saturated carbocycles. The molecule has 1 saturated heterocycles. The molecule has 0 bridgehead atoms. The maximum atomic E-state index is 12.5. The monoisotopic (exact) mass is 517 g/mol. The number of carboxylic acids is 1. The Bertz CT molecular complexity index is 1310. The van der Waals surface area contributed by atoms with Gasteiger partial charge < -0.3 is 14.6 Å². The Morgan fingerprint density at radius 1 is 0.944 bits per heavy atom. The van der Waals surface area contributed by atoms with Gasteiger partial charge in [-0.2, -0.15) is 0 Å². The lowest BCUT2D eigenvalue weighted by molar-refractivity contribution is -0.140. The minimum absolute atomic E-state index is 0.227. The first-order valence-corrected chi connectivity index (χ1v) is 12.3. The highest BCUT2D eigenvalue weighted by atomic mass is 32.2. The van der Waals surface area contributed by atoms with Crippen molar-refractivity contribution in [2.45, 2.75) is 13.2 Å². The third-order valence-corrected chi connectivity index (χ3v) is 6.55. The minimum Gasteiger partial charge on any atom is -0.489 e. The van der Waals surface area contributed by atoms with Crippen LogP contribution in [0.1, 0.15) is 16.7 Å². The second-order valence-electron chi connectivity index (χ2n) is 7.79. The van der Waals surface area contributed by atoms with Gasteiger partial charge in [-0.1, -0.05) is 96.8 Å². The molecule has 6 nitrogen and oxygen atoms in total. The normalized spacial score (nSPS) is 14.6. The van der Waals surface area contributed by atoms with Crippen molar-refractivity contribution in [3.63, 3.8) is 0 Å². The lowest BCUT2D eigenvalue weighted by Gasteiger charge is -2.12. The number of amides is 1. The highest BCUT2D eigenvalue weighted by Gasteiger charge is 2.32. The number of thioether (sulfide) groups is 1. The molecule has 1 N–H and O–H groups in total. The number of nitrogens with zero attached hydrogens (tertiary/aromatic N) is 1. The zero-order chi connectivity index (χ0) is 25.3. The largest absolute Gasteiger partial charge is 0.489 e. The van der Waals surface area contributed by atoms with Crippen molar-refractivity contribution < 1.29 is 24.2 Å². The number of aliphatic carboxylic acids is 1. The van der Waals surface area contributed by atoms with E-state index in [1.807, 2.05) is 84.9 Å². The van der Waals surface area contributed by atoms with E-state index in [0.717, 1.165) is 33.4 Å². The van der Waals surface area contributed by atoms with Gasteiger partial charge >= 0.3 is 5.97 Å². The second kappa shape index (κ2) is 12.2. The van der Waals surface area contributed by atoms with Crippen molar-refractivity contribution >= 4 is 46.3 Å². The number of carbonyl (C=O) groups is 2. The van der Waals surface area contributed by atoms with Gasteiger partial charge in [-0.25, -0.2) is 0 Å². The summed E-state index contributed by atoms with van der Waals surface area (Å²) in [6.07, 6.45) is 5.16. The topological polar surface area (TPSA) is 76.1 Å². The summed E-state index contributed by atoms with van der Waals surface area (Å²) in [5, 5.41) is 9.00. The quantitative estimate of drug-likeness (QED) is 0.274. The molecule has 0 atom stereocenters. The van der Waals surface area contributed by atoms with Crippen molar-refractivity contribution in [1.82, 2.24) is 4.90 Å². The Kier molecular flexibility index (Phi) is 8.54. The Labute approximate surface area is 218 Å². The molecule has 1 heterocycles. The van der Waals surface area contributed by atoms with E-state index in [1.165, 1.54) is 0 Å². The molecule has 0 aliphatic carbocycles. The highest BCUT2D eigenvalue weighted by Crippen LogP contribution is 2.31. The number of thiocarbonyl (C=S) groups is 1. The number of hydrogen-bond acceptors (Lipinski definition) is 6. The number of rotatable bonds is 10. The Morgan fingerprint density at radius 3 is 2.22 bits per heavy atom. The molecule has 182 valence electrons. The molecule has 0 aromatic heterocycles. The maximum absolute atomic E-state index is 12.5. The van der Waals surface area contributed by atoms with Crippen LogP contribution in [0.2, 0.25) is 0 Å². The van der Waals surface area contributed by atoms with Crippen molar-refractivity contribution in [2.24, 2.45) is 0 Å². The van der Waals surface area contributed by atoms with Crippen molar-refractivity contribution in [3.05, 3.63) is 113 Å². The second-order valence-corrected chi connectivity index (χ2v) is 9.47.